The van der Waals surface area contributed by atoms with Crippen molar-refractivity contribution in [1.82, 2.24) is 14.7 Å². The summed E-state index contributed by atoms with van der Waals surface area (Å²) in [6, 6.07) is 9.08. The van der Waals surface area contributed by atoms with Gasteiger partial charge in [0.25, 0.3) is 0 Å². The molecule has 1 aliphatic heterocycles. The fourth-order valence-corrected chi connectivity index (χ4v) is 3.93. The third-order valence-corrected chi connectivity index (χ3v) is 5.73. The van der Waals surface area contributed by atoms with Crippen molar-refractivity contribution in [2.75, 3.05) is 19.7 Å². The Bertz CT molecular complexity index is 871. The number of hydrogen-bond donors (Lipinski definition) is 1. The first-order valence-corrected chi connectivity index (χ1v) is 10.1. The highest BCUT2D eigenvalue weighted by molar-refractivity contribution is 6.30. The number of carbonyl (C=O) groups excluding carboxylic acids is 2. The number of hydrogen-bond acceptors (Lipinski definition) is 4. The van der Waals surface area contributed by atoms with Gasteiger partial charge < -0.3 is 15.4 Å². The number of likely N-dealkylation sites (tertiary alicyclic amines) is 1. The quantitative estimate of drug-likeness (QED) is 0.748. The van der Waals surface area contributed by atoms with Crippen molar-refractivity contribution in [2.45, 2.75) is 39.7 Å². The van der Waals surface area contributed by atoms with Crippen LogP contribution in [0.4, 0.5) is 0 Å². The second-order valence-electron chi connectivity index (χ2n) is 7.85. The largest absolute Gasteiger partial charge is 0.493 e. The first-order chi connectivity index (χ1) is 13.8. The number of aromatic nitrogens is 2. The molecular formula is C21H27ClN4O3. The third kappa shape index (κ3) is 5.50. The lowest BCUT2D eigenvalue weighted by molar-refractivity contribution is -0.135. The lowest BCUT2D eigenvalue weighted by Crippen LogP contribution is -2.47. The number of nitrogens with two attached hydrogens (primary N) is 1. The van der Waals surface area contributed by atoms with Gasteiger partial charge in [-0.1, -0.05) is 11.6 Å². The molecule has 1 aromatic heterocycles. The number of halogens is 1. The van der Waals surface area contributed by atoms with Crippen LogP contribution in [-0.2, 0) is 16.1 Å². The molecule has 0 aliphatic carbocycles. The molecule has 0 atom stereocenters. The van der Waals surface area contributed by atoms with E-state index in [9.17, 15) is 9.59 Å². The van der Waals surface area contributed by atoms with Crippen molar-refractivity contribution in [3.63, 3.8) is 0 Å². The molecule has 2 amide bonds. The van der Waals surface area contributed by atoms with E-state index < -0.39 is 0 Å². The van der Waals surface area contributed by atoms with Crippen LogP contribution in [-0.4, -0.2) is 46.2 Å². The third-order valence-electron chi connectivity index (χ3n) is 5.47. The van der Waals surface area contributed by atoms with Crippen molar-refractivity contribution in [3.05, 3.63) is 46.7 Å². The van der Waals surface area contributed by atoms with Gasteiger partial charge in [0.2, 0.25) is 11.8 Å². The lowest BCUT2D eigenvalue weighted by Gasteiger charge is -2.41. The molecule has 2 N–H and O–H groups in total. The van der Waals surface area contributed by atoms with Gasteiger partial charge in [-0.3, -0.25) is 14.3 Å². The van der Waals surface area contributed by atoms with Crippen molar-refractivity contribution in [1.29, 1.82) is 0 Å². The van der Waals surface area contributed by atoms with Gasteiger partial charge in [-0.05, 0) is 57.0 Å². The molecule has 0 unspecified atom stereocenters. The maximum atomic E-state index is 12.7. The molecule has 2 aromatic rings. The smallest absolute Gasteiger partial charge is 0.244 e. The van der Waals surface area contributed by atoms with Crippen molar-refractivity contribution >= 4 is 23.4 Å². The Labute approximate surface area is 175 Å². The number of aryl methyl sites for hydroxylation is 2. The van der Waals surface area contributed by atoms with Crippen LogP contribution < -0.4 is 10.5 Å². The van der Waals surface area contributed by atoms with Gasteiger partial charge in [-0.25, -0.2) is 0 Å². The molecule has 0 spiro atoms. The van der Waals surface area contributed by atoms with Crippen molar-refractivity contribution < 1.29 is 14.3 Å². The molecule has 156 valence electrons. The van der Waals surface area contributed by atoms with Crippen LogP contribution in [0.25, 0.3) is 0 Å². The number of ether oxygens (including phenoxy) is 1. The van der Waals surface area contributed by atoms with Crippen LogP contribution in [0.3, 0.4) is 0 Å². The van der Waals surface area contributed by atoms with E-state index in [0.717, 1.165) is 11.4 Å². The van der Waals surface area contributed by atoms with Crippen LogP contribution >= 0.6 is 11.6 Å². The number of benzene rings is 1. The summed E-state index contributed by atoms with van der Waals surface area (Å²) in [5, 5.41) is 5.00. The summed E-state index contributed by atoms with van der Waals surface area (Å²) in [4.78, 5) is 26.2. The highest BCUT2D eigenvalue weighted by atomic mass is 35.5. The Morgan fingerprint density at radius 1 is 1.21 bits per heavy atom. The molecule has 2 heterocycles. The molecule has 1 aliphatic rings. The normalized spacial score (nSPS) is 15.9. The first-order valence-electron chi connectivity index (χ1n) is 9.72. The van der Waals surface area contributed by atoms with Gasteiger partial charge in [-0.2, -0.15) is 5.10 Å². The molecule has 1 aromatic carbocycles. The second kappa shape index (κ2) is 8.86. The van der Waals surface area contributed by atoms with Crippen LogP contribution in [0.15, 0.2) is 30.3 Å². The zero-order valence-electron chi connectivity index (χ0n) is 16.9. The fourth-order valence-electron chi connectivity index (χ4n) is 3.80. The van der Waals surface area contributed by atoms with E-state index in [0.29, 0.717) is 43.3 Å². The predicted molar refractivity (Wildman–Crippen MR) is 111 cm³/mol. The number of rotatable bonds is 7. The summed E-state index contributed by atoms with van der Waals surface area (Å²) in [5.41, 5.74) is 7.00. The van der Waals surface area contributed by atoms with Crippen LogP contribution in [0, 0.1) is 19.3 Å². The summed E-state index contributed by atoms with van der Waals surface area (Å²) in [5.74, 6) is 0.371. The van der Waals surface area contributed by atoms with Gasteiger partial charge in [0, 0.05) is 35.6 Å². The van der Waals surface area contributed by atoms with Crippen molar-refractivity contribution in [3.8, 4) is 5.75 Å². The monoisotopic (exact) mass is 418 g/mol. The average Bonchev–Trinajstić information content (AvgIpc) is 2.98. The Morgan fingerprint density at radius 3 is 2.41 bits per heavy atom. The molecule has 0 radical (unpaired) electrons. The van der Waals surface area contributed by atoms with E-state index in [1.54, 1.807) is 28.9 Å². The number of piperidine rings is 1. The standard InChI is InChI=1S/C21H27ClN4O3/c1-15-11-16(2)26(24-15)13-20(28)25-9-7-21(8-10-25,12-19(23)27)14-29-18-5-3-17(22)4-6-18/h3-6,11H,7-10,12-14H2,1-2H3,(H2,23,27). The number of primary amides is 1. The molecule has 0 saturated carbocycles. The summed E-state index contributed by atoms with van der Waals surface area (Å²) >= 11 is 5.91. The Balaban J connectivity index is 1.61. The molecule has 29 heavy (non-hydrogen) atoms. The summed E-state index contributed by atoms with van der Waals surface area (Å²) in [7, 11) is 0. The van der Waals surface area contributed by atoms with Gasteiger partial charge in [0.15, 0.2) is 0 Å². The number of carbonyl (C=O) groups is 2. The van der Waals surface area contributed by atoms with Crippen LogP contribution in [0.1, 0.15) is 30.7 Å². The van der Waals surface area contributed by atoms with E-state index in [1.165, 1.54) is 0 Å². The molecule has 8 heteroatoms. The van der Waals surface area contributed by atoms with E-state index in [2.05, 4.69) is 5.10 Å². The van der Waals surface area contributed by atoms with E-state index >= 15 is 0 Å². The highest BCUT2D eigenvalue weighted by Gasteiger charge is 2.38. The topological polar surface area (TPSA) is 90.5 Å². The van der Waals surface area contributed by atoms with E-state index in [-0.39, 0.29) is 30.2 Å². The summed E-state index contributed by atoms with van der Waals surface area (Å²) in [6.07, 6.45) is 1.55. The van der Waals surface area contributed by atoms with Gasteiger partial charge >= 0.3 is 0 Å². The fraction of sp³-hybridized carbons (Fsp3) is 0.476. The zero-order valence-corrected chi connectivity index (χ0v) is 17.6. The minimum absolute atomic E-state index is 0.0301. The highest BCUT2D eigenvalue weighted by Crippen LogP contribution is 2.36. The Morgan fingerprint density at radius 2 is 1.86 bits per heavy atom. The molecule has 3 rings (SSSR count). The maximum Gasteiger partial charge on any atom is 0.244 e. The number of nitrogens with zero attached hydrogens (tertiary/aromatic N) is 3. The predicted octanol–water partition coefficient (Wildman–Crippen LogP) is 2.72. The molecule has 7 nitrogen and oxygen atoms in total. The number of amides is 2. The van der Waals surface area contributed by atoms with Gasteiger partial charge in [0.05, 0.1) is 12.3 Å². The molecule has 1 fully saturated rings. The summed E-state index contributed by atoms with van der Waals surface area (Å²) < 4.78 is 7.66. The van der Waals surface area contributed by atoms with Crippen LogP contribution in [0.5, 0.6) is 5.75 Å². The Kier molecular flexibility index (Phi) is 6.47. The Hall–Kier alpha value is -2.54. The van der Waals surface area contributed by atoms with Gasteiger partial charge in [0.1, 0.15) is 12.3 Å². The minimum Gasteiger partial charge on any atom is -0.493 e. The zero-order chi connectivity index (χ0) is 21.0. The average molecular weight is 419 g/mol. The molecule has 1 saturated heterocycles. The van der Waals surface area contributed by atoms with E-state index in [4.69, 9.17) is 22.1 Å². The lowest BCUT2D eigenvalue weighted by atomic mass is 9.76. The second-order valence-corrected chi connectivity index (χ2v) is 8.29. The molecule has 0 bridgehead atoms. The summed E-state index contributed by atoms with van der Waals surface area (Å²) in [6.45, 7) is 5.58. The van der Waals surface area contributed by atoms with Gasteiger partial charge in [-0.15, -0.1) is 0 Å². The van der Waals surface area contributed by atoms with Crippen molar-refractivity contribution in [2.24, 2.45) is 11.1 Å². The maximum absolute atomic E-state index is 12.7. The van der Waals surface area contributed by atoms with Crippen LogP contribution in [0.2, 0.25) is 5.02 Å². The first kappa shape index (κ1) is 21.2. The SMILES string of the molecule is Cc1cc(C)n(CC(=O)N2CCC(COc3ccc(Cl)cc3)(CC(N)=O)CC2)n1. The molecular weight excluding hydrogens is 392 g/mol. The minimum atomic E-state index is -0.375. The van der Waals surface area contributed by atoms with E-state index in [1.807, 2.05) is 24.8 Å².